The molecular formula is C20H22N2O. The van der Waals surface area contributed by atoms with Crippen molar-refractivity contribution in [3.05, 3.63) is 71.9 Å². The minimum Gasteiger partial charge on any atom is -0.269 e. The van der Waals surface area contributed by atoms with Crippen molar-refractivity contribution in [2.75, 3.05) is 0 Å². The average Bonchev–Trinajstić information content (AvgIpc) is 2.62. The van der Waals surface area contributed by atoms with Gasteiger partial charge >= 0.3 is 0 Å². The first kappa shape index (κ1) is 15.5. The van der Waals surface area contributed by atoms with Gasteiger partial charge in [-0.15, -0.1) is 0 Å². The SMILES string of the molecule is O=C(/C=C/c1ccccc1)n1ccccc1=NC1CCCCC1. The fourth-order valence-electron chi connectivity index (χ4n) is 2.93. The molecule has 0 radical (unpaired) electrons. The van der Waals surface area contributed by atoms with E-state index in [-0.39, 0.29) is 5.91 Å². The predicted molar refractivity (Wildman–Crippen MR) is 93.0 cm³/mol. The molecule has 0 spiro atoms. The monoisotopic (exact) mass is 306 g/mol. The molecule has 0 unspecified atom stereocenters. The molecule has 0 bridgehead atoms. The van der Waals surface area contributed by atoms with Crippen molar-refractivity contribution in [1.29, 1.82) is 0 Å². The number of nitrogens with zero attached hydrogens (tertiary/aromatic N) is 2. The summed E-state index contributed by atoms with van der Waals surface area (Å²) in [5.74, 6) is -0.0657. The van der Waals surface area contributed by atoms with Gasteiger partial charge in [0.05, 0.1) is 6.04 Å². The highest BCUT2D eigenvalue weighted by Crippen LogP contribution is 2.19. The number of carbonyl (C=O) groups excluding carboxylic acids is 1. The lowest BCUT2D eigenvalue weighted by atomic mass is 9.96. The van der Waals surface area contributed by atoms with Gasteiger partial charge in [0, 0.05) is 12.3 Å². The minimum atomic E-state index is -0.0657. The highest BCUT2D eigenvalue weighted by molar-refractivity contribution is 5.93. The van der Waals surface area contributed by atoms with Gasteiger partial charge in [-0.25, -0.2) is 0 Å². The van der Waals surface area contributed by atoms with Crippen molar-refractivity contribution in [3.63, 3.8) is 0 Å². The Bertz CT molecular complexity index is 737. The summed E-state index contributed by atoms with van der Waals surface area (Å²) in [4.78, 5) is 17.3. The van der Waals surface area contributed by atoms with Crippen LogP contribution >= 0.6 is 0 Å². The van der Waals surface area contributed by atoms with E-state index in [9.17, 15) is 4.79 Å². The first-order valence-electron chi connectivity index (χ1n) is 8.32. The largest absolute Gasteiger partial charge is 0.269 e. The molecule has 1 aromatic carbocycles. The van der Waals surface area contributed by atoms with Gasteiger partial charge in [0.1, 0.15) is 5.49 Å². The Kier molecular flexibility index (Phi) is 5.20. The summed E-state index contributed by atoms with van der Waals surface area (Å²) in [7, 11) is 0. The molecule has 2 aromatic rings. The zero-order valence-corrected chi connectivity index (χ0v) is 13.3. The number of carbonyl (C=O) groups is 1. The molecule has 1 aliphatic carbocycles. The first-order chi connectivity index (χ1) is 11.3. The Morgan fingerprint density at radius 3 is 2.52 bits per heavy atom. The lowest BCUT2D eigenvalue weighted by Gasteiger charge is -2.17. The fourth-order valence-corrected chi connectivity index (χ4v) is 2.93. The molecule has 1 heterocycles. The second-order valence-corrected chi connectivity index (χ2v) is 5.93. The minimum absolute atomic E-state index is 0.0657. The zero-order valence-electron chi connectivity index (χ0n) is 13.3. The molecule has 3 heteroatoms. The van der Waals surface area contributed by atoms with Crippen molar-refractivity contribution in [2.24, 2.45) is 4.99 Å². The summed E-state index contributed by atoms with van der Waals surface area (Å²) >= 11 is 0. The molecule has 0 atom stereocenters. The lowest BCUT2D eigenvalue weighted by Crippen LogP contribution is -2.27. The van der Waals surface area contributed by atoms with Crippen molar-refractivity contribution >= 4 is 12.0 Å². The molecule has 0 saturated heterocycles. The number of hydrogen-bond acceptors (Lipinski definition) is 2. The van der Waals surface area contributed by atoms with Crippen LogP contribution in [0.2, 0.25) is 0 Å². The third-order valence-corrected chi connectivity index (χ3v) is 4.18. The molecule has 0 N–H and O–H groups in total. The van der Waals surface area contributed by atoms with E-state index in [4.69, 9.17) is 4.99 Å². The number of benzene rings is 1. The maximum atomic E-state index is 12.5. The quantitative estimate of drug-likeness (QED) is 0.787. The molecule has 1 fully saturated rings. The van der Waals surface area contributed by atoms with Crippen LogP contribution < -0.4 is 5.49 Å². The van der Waals surface area contributed by atoms with Gasteiger partial charge in [-0.05, 0) is 36.6 Å². The Labute approximate surface area is 137 Å². The average molecular weight is 306 g/mol. The zero-order chi connectivity index (χ0) is 15.9. The molecule has 3 rings (SSSR count). The van der Waals surface area contributed by atoms with Gasteiger partial charge in [-0.1, -0.05) is 55.7 Å². The van der Waals surface area contributed by atoms with Gasteiger partial charge in [0.25, 0.3) is 5.91 Å². The number of pyridine rings is 1. The van der Waals surface area contributed by atoms with Crippen LogP contribution in [0.15, 0.2) is 65.8 Å². The van der Waals surface area contributed by atoms with E-state index in [0.717, 1.165) is 23.9 Å². The normalized spacial score (nSPS) is 16.8. The van der Waals surface area contributed by atoms with Crippen molar-refractivity contribution < 1.29 is 4.79 Å². The third-order valence-electron chi connectivity index (χ3n) is 4.18. The van der Waals surface area contributed by atoms with Crippen molar-refractivity contribution in [1.82, 2.24) is 4.57 Å². The summed E-state index contributed by atoms with van der Waals surface area (Å²) in [6.07, 6.45) is 11.3. The standard InChI is InChI=1S/C20H22N2O/c23-20(15-14-17-9-3-1-4-10-17)22-16-8-7-13-19(22)21-18-11-5-2-6-12-18/h1,3-4,7-10,13-16,18H,2,5-6,11-12H2/b15-14+,21-19?. The van der Waals surface area contributed by atoms with Crippen molar-refractivity contribution in [2.45, 2.75) is 38.1 Å². The summed E-state index contributed by atoms with van der Waals surface area (Å²) in [6.45, 7) is 0. The van der Waals surface area contributed by atoms with Crippen LogP contribution in [0, 0.1) is 0 Å². The highest BCUT2D eigenvalue weighted by Gasteiger charge is 2.12. The van der Waals surface area contributed by atoms with Gasteiger partial charge in [-0.2, -0.15) is 0 Å². The molecule has 1 aliphatic rings. The highest BCUT2D eigenvalue weighted by atomic mass is 16.1. The van der Waals surface area contributed by atoms with E-state index in [1.54, 1.807) is 16.8 Å². The molecule has 0 aliphatic heterocycles. The summed E-state index contributed by atoms with van der Waals surface area (Å²) in [5.41, 5.74) is 1.77. The summed E-state index contributed by atoms with van der Waals surface area (Å²) in [5, 5.41) is 0. The van der Waals surface area contributed by atoms with E-state index < -0.39 is 0 Å². The Morgan fingerprint density at radius 1 is 1.00 bits per heavy atom. The van der Waals surface area contributed by atoms with E-state index in [2.05, 4.69) is 0 Å². The molecule has 23 heavy (non-hydrogen) atoms. The first-order valence-corrected chi connectivity index (χ1v) is 8.32. The van der Waals surface area contributed by atoms with E-state index in [1.807, 2.05) is 54.6 Å². The van der Waals surface area contributed by atoms with Gasteiger partial charge in [-0.3, -0.25) is 14.4 Å². The van der Waals surface area contributed by atoms with Crippen LogP contribution in [0.3, 0.4) is 0 Å². The van der Waals surface area contributed by atoms with Gasteiger partial charge in [0.2, 0.25) is 0 Å². The molecule has 0 amide bonds. The maximum Gasteiger partial charge on any atom is 0.256 e. The Hall–Kier alpha value is -2.42. The number of rotatable bonds is 3. The van der Waals surface area contributed by atoms with Crippen molar-refractivity contribution in [3.8, 4) is 0 Å². The van der Waals surface area contributed by atoms with Crippen LogP contribution in [0.4, 0.5) is 0 Å². The molecular weight excluding hydrogens is 284 g/mol. The maximum absolute atomic E-state index is 12.5. The molecule has 3 nitrogen and oxygen atoms in total. The van der Waals surface area contributed by atoms with Gasteiger partial charge < -0.3 is 0 Å². The molecule has 118 valence electrons. The topological polar surface area (TPSA) is 34.4 Å². The van der Waals surface area contributed by atoms with Crippen LogP contribution in [0.1, 0.15) is 42.5 Å². The van der Waals surface area contributed by atoms with Crippen LogP contribution in [0.25, 0.3) is 6.08 Å². The molecule has 1 saturated carbocycles. The Morgan fingerprint density at radius 2 is 1.74 bits per heavy atom. The third kappa shape index (κ3) is 4.28. The number of hydrogen-bond donors (Lipinski definition) is 0. The summed E-state index contributed by atoms with van der Waals surface area (Å²) < 4.78 is 1.63. The smallest absolute Gasteiger partial charge is 0.256 e. The van der Waals surface area contributed by atoms with Crippen LogP contribution in [-0.4, -0.2) is 16.5 Å². The van der Waals surface area contributed by atoms with E-state index in [0.29, 0.717) is 6.04 Å². The summed E-state index contributed by atoms with van der Waals surface area (Å²) in [6, 6.07) is 15.9. The fraction of sp³-hybridized carbons (Fsp3) is 0.300. The number of aromatic nitrogens is 1. The Balaban J connectivity index is 1.83. The van der Waals surface area contributed by atoms with Crippen LogP contribution in [-0.2, 0) is 0 Å². The second-order valence-electron chi connectivity index (χ2n) is 5.93. The van der Waals surface area contributed by atoms with Crippen LogP contribution in [0.5, 0.6) is 0 Å². The van der Waals surface area contributed by atoms with Gasteiger partial charge in [0.15, 0.2) is 0 Å². The van der Waals surface area contributed by atoms with E-state index >= 15 is 0 Å². The molecule has 1 aromatic heterocycles. The lowest BCUT2D eigenvalue weighted by molar-refractivity contribution is 0.0964. The predicted octanol–water partition coefficient (Wildman–Crippen LogP) is 4.08. The number of allylic oxidation sites excluding steroid dienone is 1. The van der Waals surface area contributed by atoms with E-state index in [1.165, 1.54) is 19.3 Å². The second kappa shape index (κ2) is 7.73.